The van der Waals surface area contributed by atoms with E-state index in [4.69, 9.17) is 0 Å². The van der Waals surface area contributed by atoms with E-state index in [0.29, 0.717) is 12.0 Å². The standard InChI is InChI=1S/C18H34N2O/c1-13-7-8-18(13)20-11-16(14(2)21)9-17(12-20)19-10-15-5-3-4-6-15/h13-19,21H,3-12H2,1-2H3. The molecule has 2 N–H and O–H groups in total. The van der Waals surface area contributed by atoms with Crippen molar-refractivity contribution in [2.75, 3.05) is 19.6 Å². The molecule has 0 spiro atoms. The van der Waals surface area contributed by atoms with Gasteiger partial charge in [0.25, 0.3) is 0 Å². The fraction of sp³-hybridized carbons (Fsp3) is 1.00. The number of nitrogens with one attached hydrogen (secondary N) is 1. The van der Waals surface area contributed by atoms with Crippen LogP contribution in [0.5, 0.6) is 0 Å². The van der Waals surface area contributed by atoms with Crippen molar-refractivity contribution >= 4 is 0 Å². The average molecular weight is 294 g/mol. The Morgan fingerprint density at radius 3 is 2.48 bits per heavy atom. The van der Waals surface area contributed by atoms with Crippen LogP contribution in [-0.4, -0.2) is 47.8 Å². The lowest BCUT2D eigenvalue weighted by Gasteiger charge is -2.49. The Kier molecular flexibility index (Phi) is 5.23. The molecule has 3 heteroatoms. The minimum atomic E-state index is -0.168. The van der Waals surface area contributed by atoms with Gasteiger partial charge in [-0.1, -0.05) is 19.8 Å². The summed E-state index contributed by atoms with van der Waals surface area (Å²) >= 11 is 0. The summed E-state index contributed by atoms with van der Waals surface area (Å²) in [4.78, 5) is 2.68. The number of aliphatic hydroxyl groups excluding tert-OH is 1. The molecule has 0 aromatic heterocycles. The first-order valence-corrected chi connectivity index (χ1v) is 9.29. The summed E-state index contributed by atoms with van der Waals surface area (Å²) in [5, 5.41) is 13.9. The molecule has 3 aliphatic rings. The molecule has 2 aliphatic carbocycles. The van der Waals surface area contributed by atoms with E-state index < -0.39 is 0 Å². The maximum absolute atomic E-state index is 10.1. The fourth-order valence-electron chi connectivity index (χ4n) is 4.68. The molecule has 1 saturated heterocycles. The van der Waals surface area contributed by atoms with Crippen LogP contribution in [0.4, 0.5) is 0 Å². The molecule has 122 valence electrons. The van der Waals surface area contributed by atoms with Crippen molar-refractivity contribution in [1.82, 2.24) is 10.2 Å². The van der Waals surface area contributed by atoms with Crippen molar-refractivity contribution in [3.63, 3.8) is 0 Å². The number of piperidine rings is 1. The highest BCUT2D eigenvalue weighted by Crippen LogP contribution is 2.35. The Morgan fingerprint density at radius 2 is 1.90 bits per heavy atom. The molecule has 3 rings (SSSR count). The molecule has 0 amide bonds. The van der Waals surface area contributed by atoms with Crippen LogP contribution >= 0.6 is 0 Å². The Bertz CT molecular complexity index is 327. The molecule has 0 radical (unpaired) electrons. The zero-order valence-corrected chi connectivity index (χ0v) is 13.9. The van der Waals surface area contributed by atoms with Gasteiger partial charge in [0.2, 0.25) is 0 Å². The van der Waals surface area contributed by atoms with E-state index in [1.165, 1.54) is 51.6 Å². The van der Waals surface area contributed by atoms with Gasteiger partial charge in [0.15, 0.2) is 0 Å². The summed E-state index contributed by atoms with van der Waals surface area (Å²) in [6, 6.07) is 1.37. The highest BCUT2D eigenvalue weighted by molar-refractivity contribution is 4.94. The number of hydrogen-bond acceptors (Lipinski definition) is 3. The van der Waals surface area contributed by atoms with E-state index in [2.05, 4.69) is 17.1 Å². The van der Waals surface area contributed by atoms with Crippen molar-refractivity contribution in [1.29, 1.82) is 0 Å². The number of likely N-dealkylation sites (tertiary alicyclic amines) is 1. The lowest BCUT2D eigenvalue weighted by molar-refractivity contribution is -0.0107. The van der Waals surface area contributed by atoms with Crippen molar-refractivity contribution in [2.24, 2.45) is 17.8 Å². The minimum absolute atomic E-state index is 0.168. The predicted molar refractivity (Wildman–Crippen MR) is 87.3 cm³/mol. The highest BCUT2D eigenvalue weighted by atomic mass is 16.3. The lowest BCUT2D eigenvalue weighted by atomic mass is 9.77. The first-order valence-electron chi connectivity index (χ1n) is 9.29. The van der Waals surface area contributed by atoms with Gasteiger partial charge in [-0.3, -0.25) is 4.90 Å². The molecule has 3 fully saturated rings. The number of aliphatic hydroxyl groups is 1. The second-order valence-corrected chi connectivity index (χ2v) is 8.07. The summed E-state index contributed by atoms with van der Waals surface area (Å²) < 4.78 is 0. The average Bonchev–Trinajstić information content (AvgIpc) is 2.96. The van der Waals surface area contributed by atoms with Crippen LogP contribution in [0.25, 0.3) is 0 Å². The van der Waals surface area contributed by atoms with Crippen molar-refractivity contribution in [3.8, 4) is 0 Å². The van der Waals surface area contributed by atoms with Gasteiger partial charge in [-0.25, -0.2) is 0 Å². The Balaban J connectivity index is 1.54. The van der Waals surface area contributed by atoms with E-state index in [-0.39, 0.29) is 6.10 Å². The Labute approximate surface area is 130 Å². The van der Waals surface area contributed by atoms with Crippen LogP contribution in [-0.2, 0) is 0 Å². The van der Waals surface area contributed by atoms with Gasteiger partial charge in [0.05, 0.1) is 6.10 Å². The largest absolute Gasteiger partial charge is 0.393 e. The Hall–Kier alpha value is -0.120. The van der Waals surface area contributed by atoms with Crippen LogP contribution in [0.3, 0.4) is 0 Å². The van der Waals surface area contributed by atoms with Gasteiger partial charge < -0.3 is 10.4 Å². The molecule has 5 unspecified atom stereocenters. The summed E-state index contributed by atoms with van der Waals surface area (Å²) in [5.41, 5.74) is 0. The molecular formula is C18H34N2O. The van der Waals surface area contributed by atoms with Crippen molar-refractivity contribution in [2.45, 2.75) is 77.0 Å². The molecule has 1 aliphatic heterocycles. The third-order valence-electron chi connectivity index (χ3n) is 6.41. The zero-order chi connectivity index (χ0) is 14.8. The SMILES string of the molecule is CC(O)C1CC(NCC2CCCC2)CN(C2CCC2C)C1. The van der Waals surface area contributed by atoms with Crippen molar-refractivity contribution < 1.29 is 5.11 Å². The Morgan fingerprint density at radius 1 is 1.14 bits per heavy atom. The molecule has 3 nitrogen and oxygen atoms in total. The number of rotatable bonds is 5. The maximum atomic E-state index is 10.1. The van der Waals surface area contributed by atoms with Gasteiger partial charge in [-0.2, -0.15) is 0 Å². The normalized spacial score (nSPS) is 40.1. The van der Waals surface area contributed by atoms with Crippen molar-refractivity contribution in [3.05, 3.63) is 0 Å². The summed E-state index contributed by atoms with van der Waals surface area (Å²) in [6.45, 7) is 7.87. The van der Waals surface area contributed by atoms with Crippen LogP contribution in [0, 0.1) is 17.8 Å². The summed E-state index contributed by atoms with van der Waals surface area (Å²) in [7, 11) is 0. The minimum Gasteiger partial charge on any atom is -0.393 e. The first kappa shape index (κ1) is 15.8. The van der Waals surface area contributed by atoms with E-state index in [9.17, 15) is 5.11 Å². The smallest absolute Gasteiger partial charge is 0.0553 e. The number of nitrogens with zero attached hydrogens (tertiary/aromatic N) is 1. The maximum Gasteiger partial charge on any atom is 0.0553 e. The van der Waals surface area contributed by atoms with Gasteiger partial charge in [0, 0.05) is 25.2 Å². The molecule has 21 heavy (non-hydrogen) atoms. The van der Waals surface area contributed by atoms with E-state index in [0.717, 1.165) is 30.8 Å². The first-order chi connectivity index (χ1) is 10.1. The van der Waals surface area contributed by atoms with Crippen LogP contribution in [0.1, 0.15) is 58.8 Å². The number of hydrogen-bond donors (Lipinski definition) is 2. The monoisotopic (exact) mass is 294 g/mol. The lowest BCUT2D eigenvalue weighted by Crippen LogP contribution is -2.58. The van der Waals surface area contributed by atoms with Gasteiger partial charge in [0.1, 0.15) is 0 Å². The molecule has 0 aromatic carbocycles. The highest BCUT2D eigenvalue weighted by Gasteiger charge is 2.38. The molecule has 1 heterocycles. The molecule has 5 atom stereocenters. The predicted octanol–water partition coefficient (Wildman–Crippen LogP) is 2.64. The third-order valence-corrected chi connectivity index (χ3v) is 6.41. The van der Waals surface area contributed by atoms with E-state index >= 15 is 0 Å². The molecule has 2 saturated carbocycles. The summed E-state index contributed by atoms with van der Waals surface area (Å²) in [6.07, 6.45) is 9.44. The molecule has 0 bridgehead atoms. The molecular weight excluding hydrogens is 260 g/mol. The second kappa shape index (κ2) is 6.97. The van der Waals surface area contributed by atoms with Gasteiger partial charge >= 0.3 is 0 Å². The topological polar surface area (TPSA) is 35.5 Å². The molecule has 0 aromatic rings. The summed E-state index contributed by atoms with van der Waals surface area (Å²) in [5.74, 6) is 2.22. The van der Waals surface area contributed by atoms with Crippen LogP contribution < -0.4 is 5.32 Å². The van der Waals surface area contributed by atoms with Gasteiger partial charge in [-0.15, -0.1) is 0 Å². The van der Waals surface area contributed by atoms with Crippen LogP contribution in [0.2, 0.25) is 0 Å². The fourth-order valence-corrected chi connectivity index (χ4v) is 4.68. The van der Waals surface area contributed by atoms with E-state index in [1.807, 2.05) is 6.92 Å². The van der Waals surface area contributed by atoms with Gasteiger partial charge in [-0.05, 0) is 63.3 Å². The third kappa shape index (κ3) is 3.80. The second-order valence-electron chi connectivity index (χ2n) is 8.07. The van der Waals surface area contributed by atoms with Crippen LogP contribution in [0.15, 0.2) is 0 Å². The van der Waals surface area contributed by atoms with E-state index in [1.54, 1.807) is 0 Å². The zero-order valence-electron chi connectivity index (χ0n) is 13.9. The quantitative estimate of drug-likeness (QED) is 0.818.